The van der Waals surface area contributed by atoms with Crippen molar-refractivity contribution in [2.45, 2.75) is 75.0 Å². The molecule has 11 heteroatoms. The molecular formula is C33H41F3N4O3S. The van der Waals surface area contributed by atoms with Crippen LogP contribution in [-0.2, 0) is 16.4 Å². The summed E-state index contributed by atoms with van der Waals surface area (Å²) in [6.07, 6.45) is 6.80. The molecule has 1 spiro atoms. The van der Waals surface area contributed by atoms with Crippen LogP contribution in [0.15, 0.2) is 47.4 Å². The molecule has 3 aromatic rings. The summed E-state index contributed by atoms with van der Waals surface area (Å²) in [4.78, 5) is 0.121. The number of anilines is 2. The summed E-state index contributed by atoms with van der Waals surface area (Å²) in [7, 11) is -1.97. The number of rotatable bonds is 7. The van der Waals surface area contributed by atoms with E-state index in [9.17, 15) is 21.6 Å². The van der Waals surface area contributed by atoms with Crippen LogP contribution in [-0.4, -0.2) is 58.2 Å². The van der Waals surface area contributed by atoms with Gasteiger partial charge in [-0.15, -0.1) is 0 Å². The predicted molar refractivity (Wildman–Crippen MR) is 169 cm³/mol. The van der Waals surface area contributed by atoms with E-state index in [0.29, 0.717) is 28.4 Å². The molecule has 0 unspecified atom stereocenters. The van der Waals surface area contributed by atoms with Gasteiger partial charge in [-0.3, -0.25) is 0 Å². The molecule has 3 aliphatic rings. The van der Waals surface area contributed by atoms with E-state index in [4.69, 9.17) is 4.74 Å². The summed E-state index contributed by atoms with van der Waals surface area (Å²) >= 11 is 0. The van der Waals surface area contributed by atoms with Gasteiger partial charge >= 0.3 is 6.18 Å². The molecule has 44 heavy (non-hydrogen) atoms. The minimum Gasteiger partial charge on any atom is -0.495 e. The van der Waals surface area contributed by atoms with Gasteiger partial charge in [-0.25, -0.2) is 8.42 Å². The lowest BCUT2D eigenvalue weighted by Crippen LogP contribution is -2.57. The van der Waals surface area contributed by atoms with E-state index in [1.165, 1.54) is 62.6 Å². The van der Waals surface area contributed by atoms with Gasteiger partial charge in [0.15, 0.2) is 9.84 Å². The van der Waals surface area contributed by atoms with E-state index in [1.54, 1.807) is 24.3 Å². The molecule has 0 radical (unpaired) electrons. The van der Waals surface area contributed by atoms with Gasteiger partial charge in [0.25, 0.3) is 0 Å². The molecule has 2 aromatic carbocycles. The molecule has 0 atom stereocenters. The molecule has 6 rings (SSSR count). The average Bonchev–Trinajstić information content (AvgIpc) is 3.26. The summed E-state index contributed by atoms with van der Waals surface area (Å²) < 4.78 is 70.4. The first-order valence-electron chi connectivity index (χ1n) is 15.2. The number of benzene rings is 2. The smallest absolute Gasteiger partial charge is 0.406 e. The molecule has 2 heterocycles. The maximum atomic E-state index is 13.5. The van der Waals surface area contributed by atoms with Crippen molar-refractivity contribution in [1.82, 2.24) is 9.88 Å². The molecule has 1 aliphatic heterocycles. The molecule has 1 saturated heterocycles. The second kappa shape index (κ2) is 13.3. The number of hydrogen-bond donors (Lipinski definition) is 3. The quantitative estimate of drug-likeness (QED) is 0.256. The van der Waals surface area contributed by atoms with E-state index in [1.807, 2.05) is 6.07 Å². The Hall–Kier alpha value is -3.36. The summed E-state index contributed by atoms with van der Waals surface area (Å²) in [6.45, 7) is 1.61. The first-order valence-corrected chi connectivity index (χ1v) is 17.1. The number of methoxy groups -OCH3 is 1. The van der Waals surface area contributed by atoms with Crippen molar-refractivity contribution in [3.05, 3.63) is 48.2 Å². The van der Waals surface area contributed by atoms with Crippen LogP contribution in [0.5, 0.6) is 5.75 Å². The Morgan fingerprint density at radius 1 is 1.05 bits per heavy atom. The Bertz CT molecular complexity index is 1610. The number of sulfone groups is 1. The number of fused-ring (bicyclic) bond motifs is 1. The molecular weight excluding hydrogens is 589 g/mol. The number of nitrogens with one attached hydrogen (secondary N) is 3. The van der Waals surface area contributed by atoms with Crippen LogP contribution < -0.4 is 20.7 Å². The zero-order chi connectivity index (χ0) is 31.4. The van der Waals surface area contributed by atoms with Gasteiger partial charge < -0.3 is 25.3 Å². The van der Waals surface area contributed by atoms with Crippen molar-refractivity contribution in [3.8, 4) is 17.6 Å². The van der Waals surface area contributed by atoms with E-state index in [-0.39, 0.29) is 17.1 Å². The van der Waals surface area contributed by atoms with Crippen LogP contribution in [0.3, 0.4) is 0 Å². The Morgan fingerprint density at radius 3 is 2.36 bits per heavy atom. The number of nitrogens with zero attached hydrogens (tertiary/aromatic N) is 1. The fraction of sp³-hybridized carbons (Fsp3) is 0.515. The molecule has 3 N–H and O–H groups in total. The van der Waals surface area contributed by atoms with Gasteiger partial charge in [0.2, 0.25) is 0 Å². The molecule has 2 aliphatic carbocycles. The van der Waals surface area contributed by atoms with Crippen LogP contribution in [0.4, 0.5) is 24.5 Å². The number of hydrogen-bond acceptors (Lipinski definition) is 6. The fourth-order valence-corrected chi connectivity index (χ4v) is 6.80. The maximum Gasteiger partial charge on any atom is 0.406 e. The molecule has 0 amide bonds. The minimum absolute atomic E-state index is 0.120. The lowest BCUT2D eigenvalue weighted by atomic mass is 9.65. The largest absolute Gasteiger partial charge is 0.495 e. The van der Waals surface area contributed by atoms with Crippen molar-refractivity contribution < 1.29 is 26.3 Å². The van der Waals surface area contributed by atoms with Crippen LogP contribution in [0, 0.1) is 17.3 Å². The van der Waals surface area contributed by atoms with Crippen molar-refractivity contribution in [2.75, 3.05) is 43.6 Å². The van der Waals surface area contributed by atoms with Crippen LogP contribution in [0.1, 0.15) is 57.1 Å². The Balaban J connectivity index is 0.000000474. The van der Waals surface area contributed by atoms with E-state index < -0.39 is 22.6 Å². The van der Waals surface area contributed by atoms with Gasteiger partial charge in [-0.1, -0.05) is 37.7 Å². The van der Waals surface area contributed by atoms with Crippen molar-refractivity contribution in [1.29, 1.82) is 0 Å². The van der Waals surface area contributed by atoms with E-state index in [0.717, 1.165) is 43.0 Å². The monoisotopic (exact) mass is 630 g/mol. The molecule has 3 fully saturated rings. The van der Waals surface area contributed by atoms with E-state index >= 15 is 0 Å². The zero-order valence-corrected chi connectivity index (χ0v) is 26.1. The highest BCUT2D eigenvalue weighted by molar-refractivity contribution is 7.90. The Labute approximate surface area is 257 Å². The van der Waals surface area contributed by atoms with Crippen LogP contribution >= 0.6 is 0 Å². The average molecular weight is 631 g/mol. The number of halogens is 3. The second-order valence-electron chi connectivity index (χ2n) is 12.2. The van der Waals surface area contributed by atoms with Crippen molar-refractivity contribution in [3.63, 3.8) is 0 Å². The highest BCUT2D eigenvalue weighted by Gasteiger charge is 2.41. The predicted octanol–water partition coefficient (Wildman–Crippen LogP) is 6.58. The topological polar surface area (TPSA) is 84.4 Å². The van der Waals surface area contributed by atoms with Crippen molar-refractivity contribution >= 4 is 32.1 Å². The summed E-state index contributed by atoms with van der Waals surface area (Å²) in [5.41, 5.74) is 2.93. The summed E-state index contributed by atoms with van der Waals surface area (Å²) in [5, 5.41) is 10.6. The summed E-state index contributed by atoms with van der Waals surface area (Å²) in [5.74, 6) is 6.10. The van der Waals surface area contributed by atoms with Gasteiger partial charge in [0, 0.05) is 42.5 Å². The Kier molecular flexibility index (Phi) is 9.71. The van der Waals surface area contributed by atoms with E-state index in [2.05, 4.69) is 27.8 Å². The SMILES string of the molecule is C1CC2(C1)CNC2.COc1cc(S(C)(=O)=O)ccc1NCC#Cc1cc2c(NC3CCCCC3)cccc2n1CC(F)(F)F. The number of alkyl halides is 3. The van der Waals surface area contributed by atoms with Crippen molar-refractivity contribution in [2.24, 2.45) is 5.41 Å². The Morgan fingerprint density at radius 2 is 1.80 bits per heavy atom. The summed E-state index contributed by atoms with van der Waals surface area (Å²) in [6, 6.07) is 11.8. The van der Waals surface area contributed by atoms with Crippen LogP contribution in [0.25, 0.3) is 10.9 Å². The third kappa shape index (κ3) is 7.83. The lowest BCUT2D eigenvalue weighted by Gasteiger charge is -2.49. The second-order valence-corrected chi connectivity index (χ2v) is 14.2. The van der Waals surface area contributed by atoms with Crippen LogP contribution in [0.2, 0.25) is 0 Å². The van der Waals surface area contributed by atoms with Gasteiger partial charge in [-0.2, -0.15) is 13.2 Å². The minimum atomic E-state index is -4.40. The first-order chi connectivity index (χ1) is 21.0. The first kappa shape index (κ1) is 32.0. The number of ether oxygens (including phenoxy) is 1. The van der Waals surface area contributed by atoms with Gasteiger partial charge in [-0.05, 0) is 67.4 Å². The molecule has 7 nitrogen and oxygen atoms in total. The third-order valence-corrected chi connectivity index (χ3v) is 9.96. The van der Waals surface area contributed by atoms with Gasteiger partial charge in [0.1, 0.15) is 12.3 Å². The highest BCUT2D eigenvalue weighted by atomic mass is 32.2. The lowest BCUT2D eigenvalue weighted by molar-refractivity contribution is -0.140. The maximum absolute atomic E-state index is 13.5. The zero-order valence-electron chi connectivity index (χ0n) is 25.3. The molecule has 2 saturated carbocycles. The van der Waals surface area contributed by atoms with Gasteiger partial charge in [0.05, 0.1) is 35.4 Å². The normalized spacial score (nSPS) is 17.8. The standard InChI is InChI=1S/C27H30F3N3O3S.C6H11N/c1-36-26-17-21(37(2,34)35)13-14-24(26)31-15-7-10-20-16-22-23(32-19-8-4-3-5-9-19)11-6-12-25(22)33(20)18-27(28,29)30;1-2-6(3-1)4-7-5-6/h6,11-14,16-17,19,31-32H,3-5,8-9,15,18H2,1-2H3;7H,1-5H2. The number of aromatic nitrogens is 1. The third-order valence-electron chi connectivity index (χ3n) is 8.85. The molecule has 238 valence electrons. The fourth-order valence-electron chi connectivity index (χ4n) is 6.16. The highest BCUT2D eigenvalue weighted by Crippen LogP contribution is 2.43. The molecule has 0 bridgehead atoms. The molecule has 1 aromatic heterocycles.